The lowest BCUT2D eigenvalue weighted by atomic mass is 10.00. The van der Waals surface area contributed by atoms with Gasteiger partial charge in [0.2, 0.25) is 11.6 Å². The Bertz CT molecular complexity index is 1860. The zero-order valence-corrected chi connectivity index (χ0v) is 29.2. The van der Waals surface area contributed by atoms with Crippen molar-refractivity contribution in [2.75, 3.05) is 32.1 Å². The van der Waals surface area contributed by atoms with Crippen molar-refractivity contribution < 1.29 is 24.2 Å². The molecule has 50 heavy (non-hydrogen) atoms. The number of thioether (sulfide) groups is 1. The summed E-state index contributed by atoms with van der Waals surface area (Å²) in [5.74, 6) is -0.539. The molecule has 13 nitrogen and oxygen atoms in total. The molecule has 8 N–H and O–H groups in total. The van der Waals surface area contributed by atoms with E-state index in [1.165, 1.54) is 23.1 Å². The van der Waals surface area contributed by atoms with Crippen LogP contribution in [0.2, 0.25) is 5.02 Å². The largest absolute Gasteiger partial charge is 0.490 e. The van der Waals surface area contributed by atoms with Gasteiger partial charge in [-0.25, -0.2) is 19.6 Å². The summed E-state index contributed by atoms with van der Waals surface area (Å²) in [6.45, 7) is 7.39. The number of unbranched alkanes of at least 4 members (excludes halogenated alkanes) is 1. The van der Waals surface area contributed by atoms with E-state index in [2.05, 4.69) is 21.2 Å². The van der Waals surface area contributed by atoms with Crippen molar-refractivity contribution in [1.82, 2.24) is 15.3 Å². The maximum Gasteiger partial charge on any atom is 0.331 e. The minimum Gasteiger partial charge on any atom is -0.490 e. The van der Waals surface area contributed by atoms with E-state index in [9.17, 15) is 20.0 Å². The van der Waals surface area contributed by atoms with Gasteiger partial charge in [-0.15, -0.1) is 11.3 Å². The fraction of sp³-hybridized carbons (Fsp3) is 0.294. The molecule has 2 atom stereocenters. The van der Waals surface area contributed by atoms with Gasteiger partial charge in [-0.05, 0) is 49.2 Å². The number of nitrogen functional groups attached to an aromatic ring is 1. The number of amides is 1. The molecular weight excluding hydrogens is 700 g/mol. The van der Waals surface area contributed by atoms with Crippen LogP contribution in [0, 0.1) is 17.9 Å². The van der Waals surface area contributed by atoms with Crippen molar-refractivity contribution in [3.63, 3.8) is 0 Å². The van der Waals surface area contributed by atoms with Gasteiger partial charge in [0.15, 0.2) is 6.04 Å². The molecule has 0 unspecified atom stereocenters. The lowest BCUT2D eigenvalue weighted by molar-refractivity contribution is -0.149. The van der Waals surface area contributed by atoms with Crippen LogP contribution in [0.3, 0.4) is 0 Å². The zero-order valence-electron chi connectivity index (χ0n) is 26.8. The van der Waals surface area contributed by atoms with Crippen LogP contribution in [-0.4, -0.2) is 65.4 Å². The highest BCUT2D eigenvalue weighted by Crippen LogP contribution is 2.42. The predicted octanol–water partition coefficient (Wildman–Crippen LogP) is 4.68. The quantitative estimate of drug-likeness (QED) is 0.0433. The summed E-state index contributed by atoms with van der Waals surface area (Å²) in [6, 6.07) is 14.2. The summed E-state index contributed by atoms with van der Waals surface area (Å²) in [5.41, 5.74) is 20.4. The Balaban J connectivity index is 1.37. The zero-order chi connectivity index (χ0) is 36.0. The summed E-state index contributed by atoms with van der Waals surface area (Å²) in [4.78, 5) is 37.3. The number of esters is 1. The van der Waals surface area contributed by atoms with E-state index in [0.29, 0.717) is 52.1 Å². The molecule has 2 heterocycles. The molecule has 4 aromatic rings. The molecular formula is C34H35ClN8O5S2. The highest BCUT2D eigenvalue weighted by molar-refractivity contribution is 7.98. The number of aromatic nitrogens is 2. The summed E-state index contributed by atoms with van der Waals surface area (Å²) in [7, 11) is 0. The predicted molar refractivity (Wildman–Crippen MR) is 194 cm³/mol. The molecule has 2 aromatic heterocycles. The number of anilines is 1. The molecule has 0 aliphatic heterocycles. The molecule has 0 spiro atoms. The molecule has 0 saturated carbocycles. The van der Waals surface area contributed by atoms with Gasteiger partial charge in [-0.1, -0.05) is 54.0 Å². The molecule has 0 aliphatic rings. The van der Waals surface area contributed by atoms with Crippen LogP contribution < -0.4 is 27.3 Å². The highest BCUT2D eigenvalue weighted by Gasteiger charge is 2.25. The Morgan fingerprint density at radius 1 is 1.12 bits per heavy atom. The Labute approximate surface area is 302 Å². The number of benzene rings is 2. The van der Waals surface area contributed by atoms with Crippen LogP contribution in [0.15, 0.2) is 58.9 Å². The number of nitriles is 1. The van der Waals surface area contributed by atoms with Crippen LogP contribution in [0.1, 0.15) is 30.5 Å². The maximum absolute atomic E-state index is 12.4. The number of rotatable bonds is 17. The smallest absolute Gasteiger partial charge is 0.331 e. The first kappa shape index (κ1) is 38.1. The van der Waals surface area contributed by atoms with Crippen molar-refractivity contribution in [3.05, 3.63) is 81.6 Å². The normalized spacial score (nSPS) is 12.0. The van der Waals surface area contributed by atoms with Gasteiger partial charge in [0.1, 0.15) is 40.9 Å². The number of hydrogen-bond acceptors (Lipinski definition) is 13. The second-order valence-corrected chi connectivity index (χ2v) is 13.0. The van der Waals surface area contributed by atoms with Gasteiger partial charge in [0.05, 0.1) is 30.5 Å². The second kappa shape index (κ2) is 18.9. The van der Waals surface area contributed by atoms with E-state index in [0.717, 1.165) is 22.7 Å². The number of carbonyl (C=O) groups excluding carboxylic acids is 2. The van der Waals surface area contributed by atoms with Crippen LogP contribution in [0.4, 0.5) is 11.5 Å². The van der Waals surface area contributed by atoms with E-state index in [-0.39, 0.29) is 30.3 Å². The SMILES string of the molecule is [C-]#[N+]c1c(N)nc(SCc2csc(-c3ccc(Cl)cc3)n2)c(C#N)c1-c1ccc(OCCOC(=O)[C@H](CO)NC(=O)[C@@H](N)CCCCN)cc1. The number of hydrogen-bond donors (Lipinski definition) is 5. The monoisotopic (exact) mass is 734 g/mol. The molecule has 4 rings (SSSR count). The number of halogens is 1. The van der Waals surface area contributed by atoms with E-state index >= 15 is 0 Å². The molecule has 260 valence electrons. The van der Waals surface area contributed by atoms with Crippen LogP contribution >= 0.6 is 34.7 Å². The molecule has 0 fully saturated rings. The van der Waals surface area contributed by atoms with Crippen molar-refractivity contribution in [2.45, 2.75) is 42.1 Å². The van der Waals surface area contributed by atoms with Gasteiger partial charge in [-0.3, -0.25) is 4.79 Å². The van der Waals surface area contributed by atoms with E-state index in [1.807, 2.05) is 17.5 Å². The summed E-state index contributed by atoms with van der Waals surface area (Å²) in [6.07, 6.45) is 1.78. The van der Waals surface area contributed by atoms with Gasteiger partial charge < -0.3 is 37.1 Å². The van der Waals surface area contributed by atoms with Crippen LogP contribution in [-0.2, 0) is 20.1 Å². The average molecular weight is 735 g/mol. The first-order valence-electron chi connectivity index (χ1n) is 15.4. The van der Waals surface area contributed by atoms with E-state index in [4.69, 9.17) is 49.8 Å². The van der Waals surface area contributed by atoms with Crippen molar-refractivity contribution in [1.29, 1.82) is 5.26 Å². The van der Waals surface area contributed by atoms with Crippen LogP contribution in [0.5, 0.6) is 5.75 Å². The Hall–Kier alpha value is -4.74. The minimum atomic E-state index is -1.27. The molecule has 0 saturated heterocycles. The lowest BCUT2D eigenvalue weighted by Gasteiger charge is -2.18. The molecule has 0 aliphatic carbocycles. The van der Waals surface area contributed by atoms with Crippen molar-refractivity contribution in [3.8, 4) is 33.5 Å². The molecule has 0 bridgehead atoms. The number of carbonyl (C=O) groups is 2. The number of pyridine rings is 1. The third-order valence-corrected chi connectivity index (χ3v) is 9.42. The van der Waals surface area contributed by atoms with Crippen molar-refractivity contribution in [2.24, 2.45) is 11.5 Å². The minimum absolute atomic E-state index is 0.00438. The number of aliphatic hydroxyl groups is 1. The summed E-state index contributed by atoms with van der Waals surface area (Å²) >= 11 is 8.80. The van der Waals surface area contributed by atoms with Crippen LogP contribution in [0.25, 0.3) is 26.5 Å². The topological polar surface area (TPSA) is 217 Å². The number of nitrogens with one attached hydrogen (secondary N) is 1. The highest BCUT2D eigenvalue weighted by atomic mass is 35.5. The molecule has 1 amide bonds. The number of thiazole rings is 1. The first-order valence-corrected chi connectivity index (χ1v) is 17.6. The molecule has 2 aromatic carbocycles. The van der Waals surface area contributed by atoms with Gasteiger partial charge in [0, 0.05) is 27.3 Å². The second-order valence-electron chi connectivity index (χ2n) is 10.7. The fourth-order valence-corrected chi connectivity index (χ4v) is 6.58. The van der Waals surface area contributed by atoms with E-state index in [1.54, 1.807) is 36.4 Å². The molecule has 16 heteroatoms. The Morgan fingerprint density at radius 2 is 1.84 bits per heavy atom. The third kappa shape index (κ3) is 10.1. The number of nitrogens with two attached hydrogens (primary N) is 3. The third-order valence-electron chi connectivity index (χ3n) is 7.22. The van der Waals surface area contributed by atoms with Gasteiger partial charge in [0.25, 0.3) is 0 Å². The standard InChI is InChI=1S/C34H35ClN8O5S2/c1-40-29-28(25(16-37)33(43-30(29)39)50-19-23-18-49-32(41-23)21-5-9-22(35)10-6-21)20-7-11-24(12-8-20)47-14-15-48-34(46)27(17-44)42-31(45)26(38)4-2-3-13-36/h5-12,18,26-27,44H,2-4,13-15,17,19,36,38H2,(H2,39,43)(H,42,45)/t26-,27-/m0/s1. The molecule has 0 radical (unpaired) electrons. The first-order chi connectivity index (χ1) is 24.2. The number of ether oxygens (including phenoxy) is 2. The lowest BCUT2D eigenvalue weighted by Crippen LogP contribution is -2.50. The number of aliphatic hydroxyl groups excluding tert-OH is 1. The Kier molecular flexibility index (Phi) is 14.4. The number of nitrogens with zero attached hydrogens (tertiary/aromatic N) is 4. The van der Waals surface area contributed by atoms with Crippen molar-refractivity contribution >= 4 is 58.1 Å². The maximum atomic E-state index is 12.4. The summed E-state index contributed by atoms with van der Waals surface area (Å²) < 4.78 is 10.8. The van der Waals surface area contributed by atoms with Gasteiger partial charge in [-0.2, -0.15) is 5.26 Å². The average Bonchev–Trinajstić information content (AvgIpc) is 3.60. The van der Waals surface area contributed by atoms with Gasteiger partial charge >= 0.3 is 5.97 Å². The summed E-state index contributed by atoms with van der Waals surface area (Å²) in [5, 5.41) is 25.9. The fourth-order valence-electron chi connectivity index (χ4n) is 4.63. The Morgan fingerprint density at radius 3 is 2.50 bits per heavy atom. The van der Waals surface area contributed by atoms with E-state index < -0.39 is 30.6 Å².